The number of carbonyl (C=O) groups is 3. The van der Waals surface area contributed by atoms with Gasteiger partial charge in [0, 0.05) is 13.1 Å². The van der Waals surface area contributed by atoms with Crippen LogP contribution >= 0.6 is 11.8 Å². The molecule has 0 aromatic heterocycles. The molecule has 3 heterocycles. The number of piperazine rings is 1. The second-order valence-electron chi connectivity index (χ2n) is 4.67. The third-order valence-electron chi connectivity index (χ3n) is 3.38. The van der Waals surface area contributed by atoms with Crippen LogP contribution in [0.25, 0.3) is 0 Å². The number of carbonyl (C=O) groups excluding carboxylic acids is 3. The molecule has 0 aliphatic carbocycles. The van der Waals surface area contributed by atoms with Crippen molar-refractivity contribution in [1.29, 1.82) is 0 Å². The Labute approximate surface area is 119 Å². The van der Waals surface area contributed by atoms with E-state index in [9.17, 15) is 14.4 Å². The first-order chi connectivity index (χ1) is 9.58. The highest BCUT2D eigenvalue weighted by atomic mass is 32.2. The lowest BCUT2D eigenvalue weighted by Gasteiger charge is -2.27. The van der Waals surface area contributed by atoms with Gasteiger partial charge in [-0.15, -0.1) is 0 Å². The fourth-order valence-corrected chi connectivity index (χ4v) is 3.54. The zero-order chi connectivity index (χ0) is 14.3. The molecule has 1 fully saturated rings. The fraction of sp³-hybridized carbons (Fsp3) is 0.417. The van der Waals surface area contributed by atoms with E-state index >= 15 is 0 Å². The van der Waals surface area contributed by atoms with Gasteiger partial charge in [-0.1, -0.05) is 11.8 Å². The van der Waals surface area contributed by atoms with Crippen LogP contribution in [-0.2, 0) is 14.4 Å². The van der Waals surface area contributed by atoms with Crippen molar-refractivity contribution in [3.8, 4) is 0 Å². The second kappa shape index (κ2) is 4.86. The summed E-state index contributed by atoms with van der Waals surface area (Å²) >= 11 is 1.20. The molecule has 3 rings (SSSR count). The van der Waals surface area contributed by atoms with Gasteiger partial charge >= 0.3 is 0 Å². The van der Waals surface area contributed by atoms with E-state index in [2.05, 4.69) is 15.3 Å². The lowest BCUT2D eigenvalue weighted by atomic mass is 10.00. The van der Waals surface area contributed by atoms with E-state index in [0.29, 0.717) is 28.6 Å². The molecule has 104 valence electrons. The Bertz CT molecular complexity index is 608. The first kappa shape index (κ1) is 13.0. The molecule has 8 heteroatoms. The number of thioether (sulfide) groups is 1. The highest BCUT2D eigenvalue weighted by molar-refractivity contribution is 8.18. The van der Waals surface area contributed by atoms with Crippen molar-refractivity contribution in [1.82, 2.24) is 10.2 Å². The van der Waals surface area contributed by atoms with Crippen molar-refractivity contribution in [3.63, 3.8) is 0 Å². The minimum Gasteiger partial charge on any atom is -0.353 e. The summed E-state index contributed by atoms with van der Waals surface area (Å²) in [4.78, 5) is 45.3. The number of aliphatic imine (C=N–C) groups is 2. The number of nitrogens with zero attached hydrogens (tertiary/aromatic N) is 3. The summed E-state index contributed by atoms with van der Waals surface area (Å²) < 4.78 is 0. The summed E-state index contributed by atoms with van der Waals surface area (Å²) in [6, 6.07) is 0. The zero-order valence-electron chi connectivity index (χ0n) is 10.8. The van der Waals surface area contributed by atoms with Crippen LogP contribution in [0, 0.1) is 5.92 Å². The minimum absolute atomic E-state index is 0.0533. The highest BCUT2D eigenvalue weighted by Gasteiger charge is 2.40. The molecule has 7 nitrogen and oxygen atoms in total. The summed E-state index contributed by atoms with van der Waals surface area (Å²) in [6.07, 6.45) is 1.22. The van der Waals surface area contributed by atoms with E-state index in [0.717, 1.165) is 0 Å². The van der Waals surface area contributed by atoms with Gasteiger partial charge < -0.3 is 10.2 Å². The van der Waals surface area contributed by atoms with Crippen molar-refractivity contribution in [3.05, 3.63) is 10.5 Å². The van der Waals surface area contributed by atoms with Crippen LogP contribution in [0.15, 0.2) is 20.5 Å². The molecule has 1 atom stereocenters. The SMILES string of the molecule is CC1=C(C(=O)N2CCNC(=O)C2)SC2=NC=NC(=O)C21. The summed E-state index contributed by atoms with van der Waals surface area (Å²) in [7, 11) is 0. The average Bonchev–Trinajstić information content (AvgIpc) is 2.76. The van der Waals surface area contributed by atoms with Crippen LogP contribution in [0.4, 0.5) is 0 Å². The summed E-state index contributed by atoms with van der Waals surface area (Å²) in [6.45, 7) is 2.73. The molecule has 20 heavy (non-hydrogen) atoms. The maximum Gasteiger partial charge on any atom is 0.261 e. The second-order valence-corrected chi connectivity index (χ2v) is 5.70. The van der Waals surface area contributed by atoms with Crippen LogP contribution in [-0.4, -0.2) is 53.6 Å². The monoisotopic (exact) mass is 292 g/mol. The molecule has 1 saturated heterocycles. The van der Waals surface area contributed by atoms with E-state index in [4.69, 9.17) is 0 Å². The summed E-state index contributed by atoms with van der Waals surface area (Å²) in [5, 5.41) is 3.26. The topological polar surface area (TPSA) is 91.2 Å². The molecule has 1 unspecified atom stereocenters. The van der Waals surface area contributed by atoms with Gasteiger partial charge in [-0.2, -0.15) is 0 Å². The predicted molar refractivity (Wildman–Crippen MR) is 74.3 cm³/mol. The Hall–Kier alpha value is -1.96. The first-order valence-corrected chi connectivity index (χ1v) is 6.98. The van der Waals surface area contributed by atoms with E-state index in [1.165, 1.54) is 23.0 Å². The van der Waals surface area contributed by atoms with Crippen molar-refractivity contribution >= 4 is 40.9 Å². The Morgan fingerprint density at radius 3 is 3.00 bits per heavy atom. The fourth-order valence-electron chi connectivity index (χ4n) is 2.34. The van der Waals surface area contributed by atoms with Crippen molar-refractivity contribution in [2.24, 2.45) is 15.9 Å². The molecule has 0 spiro atoms. The summed E-state index contributed by atoms with van der Waals surface area (Å²) in [5.74, 6) is -1.20. The van der Waals surface area contributed by atoms with Gasteiger partial charge in [0.1, 0.15) is 12.3 Å². The lowest BCUT2D eigenvalue weighted by Crippen LogP contribution is -2.50. The number of nitrogens with one attached hydrogen (secondary N) is 1. The third kappa shape index (κ3) is 2.05. The molecule has 3 aliphatic heterocycles. The van der Waals surface area contributed by atoms with E-state index in [1.807, 2.05) is 0 Å². The van der Waals surface area contributed by atoms with Crippen LogP contribution < -0.4 is 5.32 Å². The van der Waals surface area contributed by atoms with E-state index in [1.54, 1.807) is 6.92 Å². The normalized spacial score (nSPS) is 25.6. The number of rotatable bonds is 1. The van der Waals surface area contributed by atoms with Crippen LogP contribution in [0.3, 0.4) is 0 Å². The number of fused-ring (bicyclic) bond motifs is 1. The highest BCUT2D eigenvalue weighted by Crippen LogP contribution is 2.40. The smallest absolute Gasteiger partial charge is 0.261 e. The minimum atomic E-state index is -0.525. The molecule has 3 aliphatic rings. The molecule has 0 saturated carbocycles. The van der Waals surface area contributed by atoms with Gasteiger partial charge in [0.05, 0.1) is 16.5 Å². The molecule has 0 radical (unpaired) electrons. The molecule has 0 bridgehead atoms. The van der Waals surface area contributed by atoms with Crippen molar-refractivity contribution < 1.29 is 14.4 Å². The molecular formula is C12H12N4O3S. The third-order valence-corrected chi connectivity index (χ3v) is 4.63. The predicted octanol–water partition coefficient (Wildman–Crippen LogP) is -0.451. The van der Waals surface area contributed by atoms with Gasteiger partial charge in [0.15, 0.2) is 0 Å². The van der Waals surface area contributed by atoms with E-state index in [-0.39, 0.29) is 24.3 Å². The quantitative estimate of drug-likeness (QED) is 0.708. The van der Waals surface area contributed by atoms with Gasteiger partial charge in [-0.05, 0) is 12.5 Å². The Balaban J connectivity index is 1.85. The molecular weight excluding hydrogens is 280 g/mol. The molecule has 0 aromatic carbocycles. The summed E-state index contributed by atoms with van der Waals surface area (Å²) in [5.41, 5.74) is 0.673. The number of hydrogen-bond donors (Lipinski definition) is 1. The molecule has 3 amide bonds. The van der Waals surface area contributed by atoms with Gasteiger partial charge in [0.2, 0.25) is 5.91 Å². The molecule has 0 aromatic rings. The number of amides is 3. The van der Waals surface area contributed by atoms with Gasteiger partial charge in [-0.3, -0.25) is 14.4 Å². The standard InChI is InChI=1S/C12H12N4O3S/c1-6-8-10(18)14-5-15-11(8)20-9(6)12(19)16-3-2-13-7(17)4-16/h5,8H,2-4H2,1H3,(H,13,17). The van der Waals surface area contributed by atoms with Gasteiger partial charge in [-0.25, -0.2) is 9.98 Å². The van der Waals surface area contributed by atoms with Crippen molar-refractivity contribution in [2.45, 2.75) is 6.92 Å². The number of hydrogen-bond acceptors (Lipinski definition) is 5. The maximum atomic E-state index is 12.5. The first-order valence-electron chi connectivity index (χ1n) is 6.16. The largest absolute Gasteiger partial charge is 0.353 e. The average molecular weight is 292 g/mol. The van der Waals surface area contributed by atoms with Gasteiger partial charge in [0.25, 0.3) is 11.8 Å². The zero-order valence-corrected chi connectivity index (χ0v) is 11.6. The van der Waals surface area contributed by atoms with Crippen LogP contribution in [0.1, 0.15) is 6.92 Å². The van der Waals surface area contributed by atoms with Crippen LogP contribution in [0.2, 0.25) is 0 Å². The van der Waals surface area contributed by atoms with Crippen molar-refractivity contribution in [2.75, 3.05) is 19.6 Å². The van der Waals surface area contributed by atoms with E-state index < -0.39 is 5.92 Å². The Morgan fingerprint density at radius 2 is 2.30 bits per heavy atom. The Kier molecular flexibility index (Phi) is 3.17. The molecule has 1 N–H and O–H groups in total. The maximum absolute atomic E-state index is 12.5. The van der Waals surface area contributed by atoms with Crippen LogP contribution in [0.5, 0.6) is 0 Å². The Morgan fingerprint density at radius 1 is 1.50 bits per heavy atom. The lowest BCUT2D eigenvalue weighted by molar-refractivity contribution is -0.135.